The van der Waals surface area contributed by atoms with Crippen molar-refractivity contribution in [2.24, 2.45) is 5.92 Å². The summed E-state index contributed by atoms with van der Waals surface area (Å²) in [4.78, 5) is 0. The molecule has 2 fully saturated rings. The highest BCUT2D eigenvalue weighted by molar-refractivity contribution is 9.10. The summed E-state index contributed by atoms with van der Waals surface area (Å²) in [7, 11) is 0. The molecular weight excluding hydrogens is 321 g/mol. The molecule has 0 radical (unpaired) electrons. The molecule has 1 N–H and O–H groups in total. The molecule has 2 aliphatic rings. The van der Waals surface area contributed by atoms with Crippen LogP contribution >= 0.6 is 15.9 Å². The van der Waals surface area contributed by atoms with Gasteiger partial charge in [-0.2, -0.15) is 0 Å². The molecule has 1 aromatic rings. The molecule has 0 amide bonds. The van der Waals surface area contributed by atoms with Crippen molar-refractivity contribution in [3.05, 3.63) is 34.1 Å². The number of hydrogen-bond acceptors (Lipinski definition) is 2. The second kappa shape index (κ2) is 5.74. The predicted molar refractivity (Wildman–Crippen MR) is 81.2 cm³/mol. The normalized spacial score (nSPS) is 34.4. The van der Waals surface area contributed by atoms with Gasteiger partial charge in [-0.05, 0) is 36.5 Å². The first-order chi connectivity index (χ1) is 9.58. The Kier molecular flexibility index (Phi) is 4.16. The number of hydrogen-bond donors (Lipinski definition) is 1. The van der Waals surface area contributed by atoms with E-state index in [0.717, 1.165) is 29.1 Å². The Hall–Kier alpha value is -0.450. The Bertz CT molecular complexity index is 485. The van der Waals surface area contributed by atoms with Crippen molar-refractivity contribution in [1.29, 1.82) is 0 Å². The van der Waals surface area contributed by atoms with Crippen LogP contribution in [0.2, 0.25) is 0 Å². The van der Waals surface area contributed by atoms with Crippen LogP contribution in [0.3, 0.4) is 0 Å². The topological polar surface area (TPSA) is 21.3 Å². The van der Waals surface area contributed by atoms with Gasteiger partial charge in [-0.1, -0.05) is 41.8 Å². The number of halogens is 2. The first-order valence-electron chi connectivity index (χ1n) is 7.40. The molecule has 20 heavy (non-hydrogen) atoms. The number of rotatable bonds is 1. The average molecular weight is 342 g/mol. The molecule has 1 aromatic carbocycles. The van der Waals surface area contributed by atoms with Gasteiger partial charge in [-0.3, -0.25) is 0 Å². The maximum absolute atomic E-state index is 13.2. The molecule has 1 saturated heterocycles. The van der Waals surface area contributed by atoms with E-state index in [2.05, 4.69) is 28.2 Å². The third-order valence-corrected chi connectivity index (χ3v) is 5.31. The molecular formula is C16H21BrFNO. The lowest BCUT2D eigenvalue weighted by Crippen LogP contribution is -2.57. The highest BCUT2D eigenvalue weighted by Crippen LogP contribution is 2.37. The summed E-state index contributed by atoms with van der Waals surface area (Å²) in [5.41, 5.74) is 1.19. The van der Waals surface area contributed by atoms with Crippen LogP contribution in [0.25, 0.3) is 0 Å². The molecule has 4 heteroatoms. The van der Waals surface area contributed by atoms with Gasteiger partial charge in [0.05, 0.1) is 12.7 Å². The fraction of sp³-hybridized carbons (Fsp3) is 0.625. The lowest BCUT2D eigenvalue weighted by Gasteiger charge is -2.45. The fourth-order valence-corrected chi connectivity index (χ4v) is 4.20. The standard InChI is InChI=1S/C16H21BrFNO/c1-11-3-2-6-16(8-11)10-20-15(9-19-16)13-5-4-12(18)7-14(13)17/h4-5,7,11,15,19H,2-3,6,8-10H2,1H3. The molecule has 1 saturated carbocycles. The minimum absolute atomic E-state index is 0.00725. The number of nitrogens with one attached hydrogen (secondary N) is 1. The molecule has 1 heterocycles. The Balaban J connectivity index is 1.69. The van der Waals surface area contributed by atoms with Crippen LogP contribution < -0.4 is 5.32 Å². The number of ether oxygens (including phenoxy) is 1. The number of benzene rings is 1. The van der Waals surface area contributed by atoms with E-state index in [0.29, 0.717) is 0 Å². The van der Waals surface area contributed by atoms with E-state index in [1.54, 1.807) is 0 Å². The van der Waals surface area contributed by atoms with Gasteiger partial charge in [-0.15, -0.1) is 0 Å². The van der Waals surface area contributed by atoms with Crippen LogP contribution in [-0.2, 0) is 4.74 Å². The zero-order valence-corrected chi connectivity index (χ0v) is 13.4. The van der Waals surface area contributed by atoms with Gasteiger partial charge in [0, 0.05) is 16.6 Å². The summed E-state index contributed by atoms with van der Waals surface area (Å²) in [6.45, 7) is 3.88. The Labute approximate surface area is 128 Å². The second-order valence-electron chi connectivity index (χ2n) is 6.33. The summed E-state index contributed by atoms with van der Waals surface area (Å²) >= 11 is 3.43. The summed E-state index contributed by atoms with van der Waals surface area (Å²) in [5, 5.41) is 3.72. The predicted octanol–water partition coefficient (Wildman–Crippen LogP) is 4.20. The minimum atomic E-state index is -0.220. The zero-order valence-electron chi connectivity index (χ0n) is 11.8. The first kappa shape index (κ1) is 14.5. The van der Waals surface area contributed by atoms with E-state index < -0.39 is 0 Å². The van der Waals surface area contributed by atoms with Gasteiger partial charge in [0.15, 0.2) is 0 Å². The van der Waals surface area contributed by atoms with Gasteiger partial charge in [-0.25, -0.2) is 4.39 Å². The molecule has 1 spiro atoms. The van der Waals surface area contributed by atoms with Crippen LogP contribution in [0, 0.1) is 11.7 Å². The molecule has 2 nitrogen and oxygen atoms in total. The Morgan fingerprint density at radius 2 is 2.30 bits per heavy atom. The quantitative estimate of drug-likeness (QED) is 0.826. The third kappa shape index (κ3) is 2.92. The van der Waals surface area contributed by atoms with E-state index >= 15 is 0 Å². The van der Waals surface area contributed by atoms with Crippen molar-refractivity contribution in [3.63, 3.8) is 0 Å². The highest BCUT2D eigenvalue weighted by atomic mass is 79.9. The Morgan fingerprint density at radius 3 is 2.95 bits per heavy atom. The Morgan fingerprint density at radius 1 is 1.45 bits per heavy atom. The lowest BCUT2D eigenvalue weighted by atomic mass is 9.76. The average Bonchev–Trinajstić information content (AvgIpc) is 2.40. The molecule has 1 aliphatic carbocycles. The monoisotopic (exact) mass is 341 g/mol. The lowest BCUT2D eigenvalue weighted by molar-refractivity contribution is -0.0530. The molecule has 0 aromatic heterocycles. The van der Waals surface area contributed by atoms with Crippen LogP contribution in [0.4, 0.5) is 4.39 Å². The fourth-order valence-electron chi connectivity index (χ4n) is 3.59. The van der Waals surface area contributed by atoms with Gasteiger partial charge in [0.2, 0.25) is 0 Å². The molecule has 3 unspecified atom stereocenters. The van der Waals surface area contributed by atoms with Crippen LogP contribution in [0.5, 0.6) is 0 Å². The molecule has 1 aliphatic heterocycles. The first-order valence-corrected chi connectivity index (χ1v) is 8.19. The van der Waals surface area contributed by atoms with Crippen molar-refractivity contribution in [2.75, 3.05) is 13.2 Å². The van der Waals surface area contributed by atoms with Crippen molar-refractivity contribution in [1.82, 2.24) is 5.32 Å². The molecule has 3 atom stereocenters. The third-order valence-electron chi connectivity index (χ3n) is 4.62. The summed E-state index contributed by atoms with van der Waals surface area (Å²) in [5.74, 6) is 0.552. The van der Waals surface area contributed by atoms with E-state index in [4.69, 9.17) is 4.74 Å². The van der Waals surface area contributed by atoms with Crippen molar-refractivity contribution < 1.29 is 9.13 Å². The minimum Gasteiger partial charge on any atom is -0.370 e. The second-order valence-corrected chi connectivity index (χ2v) is 7.18. The smallest absolute Gasteiger partial charge is 0.124 e. The van der Waals surface area contributed by atoms with Crippen molar-refractivity contribution >= 4 is 15.9 Å². The van der Waals surface area contributed by atoms with Crippen LogP contribution in [-0.4, -0.2) is 18.7 Å². The van der Waals surface area contributed by atoms with E-state index in [9.17, 15) is 4.39 Å². The van der Waals surface area contributed by atoms with Gasteiger partial charge in [0.1, 0.15) is 5.82 Å². The maximum atomic E-state index is 13.2. The molecule has 0 bridgehead atoms. The zero-order chi connectivity index (χ0) is 14.2. The highest BCUT2D eigenvalue weighted by Gasteiger charge is 2.39. The SMILES string of the molecule is CC1CCCC2(COC(c3ccc(F)cc3Br)CN2)C1. The van der Waals surface area contributed by atoms with Crippen LogP contribution in [0.1, 0.15) is 44.3 Å². The molecule has 3 rings (SSSR count). The molecule has 110 valence electrons. The summed E-state index contributed by atoms with van der Waals surface area (Å²) < 4.78 is 20.1. The van der Waals surface area contributed by atoms with Crippen molar-refractivity contribution in [3.8, 4) is 0 Å². The summed E-state index contributed by atoms with van der Waals surface area (Å²) in [6.07, 6.45) is 5.02. The van der Waals surface area contributed by atoms with Crippen LogP contribution in [0.15, 0.2) is 22.7 Å². The van der Waals surface area contributed by atoms with E-state index in [1.165, 1.54) is 37.8 Å². The van der Waals surface area contributed by atoms with Crippen molar-refractivity contribution in [2.45, 2.75) is 44.2 Å². The largest absolute Gasteiger partial charge is 0.370 e. The van der Waals surface area contributed by atoms with Gasteiger partial charge in [0.25, 0.3) is 0 Å². The van der Waals surface area contributed by atoms with Gasteiger partial charge < -0.3 is 10.1 Å². The maximum Gasteiger partial charge on any atom is 0.124 e. The van der Waals surface area contributed by atoms with Gasteiger partial charge >= 0.3 is 0 Å². The number of morpholine rings is 1. The van der Waals surface area contributed by atoms with E-state index in [1.807, 2.05) is 6.07 Å². The summed E-state index contributed by atoms with van der Waals surface area (Å²) in [6, 6.07) is 4.81. The van der Waals surface area contributed by atoms with E-state index in [-0.39, 0.29) is 17.5 Å².